The Labute approximate surface area is 179 Å². The van der Waals surface area contributed by atoms with Crippen molar-refractivity contribution in [1.82, 2.24) is 9.55 Å². The molecule has 4 aliphatic rings. The molecule has 5 nitrogen and oxygen atoms in total. The largest absolute Gasteiger partial charge is 0.387 e. The third-order valence-electron chi connectivity index (χ3n) is 9.29. The molecule has 30 heavy (non-hydrogen) atoms. The molecule has 0 saturated heterocycles. The van der Waals surface area contributed by atoms with E-state index in [4.69, 9.17) is 4.74 Å². The molecule has 1 aromatic heterocycles. The van der Waals surface area contributed by atoms with Crippen molar-refractivity contribution in [2.75, 3.05) is 13.7 Å². The van der Waals surface area contributed by atoms with Gasteiger partial charge in [-0.05, 0) is 80.5 Å². The highest BCUT2D eigenvalue weighted by Crippen LogP contribution is 2.63. The summed E-state index contributed by atoms with van der Waals surface area (Å²) in [5, 5.41) is 10.9. The van der Waals surface area contributed by atoms with E-state index >= 15 is 0 Å². The van der Waals surface area contributed by atoms with Gasteiger partial charge in [-0.15, -0.1) is 0 Å². The van der Waals surface area contributed by atoms with Gasteiger partial charge in [-0.2, -0.15) is 0 Å². The number of nitrogens with zero attached hydrogens (tertiary/aromatic N) is 2. The van der Waals surface area contributed by atoms with E-state index < -0.39 is 5.60 Å². The van der Waals surface area contributed by atoms with Crippen molar-refractivity contribution in [3.63, 3.8) is 0 Å². The van der Waals surface area contributed by atoms with Crippen LogP contribution in [0.3, 0.4) is 0 Å². The summed E-state index contributed by atoms with van der Waals surface area (Å²) in [6.07, 6.45) is 16.3. The first-order chi connectivity index (χ1) is 14.4. The van der Waals surface area contributed by atoms with Gasteiger partial charge in [-0.25, -0.2) is 4.98 Å². The Kier molecular flexibility index (Phi) is 5.18. The van der Waals surface area contributed by atoms with Crippen LogP contribution in [0.25, 0.3) is 0 Å². The van der Waals surface area contributed by atoms with Crippen LogP contribution in [0.1, 0.15) is 58.3 Å². The first-order valence-corrected chi connectivity index (χ1v) is 11.8. The van der Waals surface area contributed by atoms with Gasteiger partial charge < -0.3 is 14.4 Å². The average molecular weight is 413 g/mol. The van der Waals surface area contributed by atoms with Gasteiger partial charge in [0.2, 0.25) is 0 Å². The second-order valence-electron chi connectivity index (χ2n) is 10.8. The van der Waals surface area contributed by atoms with Crippen molar-refractivity contribution in [1.29, 1.82) is 0 Å². The molecule has 1 heterocycles. The third-order valence-corrected chi connectivity index (χ3v) is 9.29. The quantitative estimate of drug-likeness (QED) is 0.742. The van der Waals surface area contributed by atoms with Crippen LogP contribution in [0.2, 0.25) is 0 Å². The number of ketones is 1. The predicted molar refractivity (Wildman–Crippen MR) is 115 cm³/mol. The fourth-order valence-electron chi connectivity index (χ4n) is 7.96. The normalized spacial score (nSPS) is 42.8. The molecule has 0 aliphatic heterocycles. The Morgan fingerprint density at radius 3 is 2.90 bits per heavy atom. The average Bonchev–Trinajstić information content (AvgIpc) is 3.34. The highest BCUT2D eigenvalue weighted by atomic mass is 16.5. The maximum Gasteiger partial charge on any atom is 0.156 e. The van der Waals surface area contributed by atoms with Crippen LogP contribution in [0.15, 0.2) is 30.4 Å². The minimum atomic E-state index is -0.675. The number of carbonyl (C=O) groups is 1. The van der Waals surface area contributed by atoms with E-state index in [0.717, 1.165) is 38.0 Å². The Bertz CT molecular complexity index is 818. The topological polar surface area (TPSA) is 64.3 Å². The van der Waals surface area contributed by atoms with E-state index in [-0.39, 0.29) is 11.3 Å². The number of fused-ring (bicyclic) bond motifs is 5. The van der Waals surface area contributed by atoms with Crippen molar-refractivity contribution in [2.24, 2.45) is 35.0 Å². The summed E-state index contributed by atoms with van der Waals surface area (Å²) < 4.78 is 7.22. The van der Waals surface area contributed by atoms with E-state index in [1.807, 2.05) is 10.8 Å². The molecule has 0 unspecified atom stereocenters. The minimum Gasteiger partial charge on any atom is -0.387 e. The van der Waals surface area contributed by atoms with Crippen molar-refractivity contribution in [3.8, 4) is 0 Å². The molecule has 5 rings (SSSR count). The number of aliphatic hydroxyl groups is 1. The fraction of sp³-hybridized carbons (Fsp3) is 0.760. The van der Waals surface area contributed by atoms with E-state index in [9.17, 15) is 9.90 Å². The predicted octanol–water partition coefficient (Wildman–Crippen LogP) is 4.02. The second-order valence-corrected chi connectivity index (χ2v) is 10.8. The first kappa shape index (κ1) is 20.4. The minimum absolute atomic E-state index is 0.148. The molecule has 3 saturated carbocycles. The van der Waals surface area contributed by atoms with Crippen LogP contribution in [0, 0.1) is 35.0 Å². The maximum absolute atomic E-state index is 13.2. The molecule has 3 fully saturated rings. The molecule has 1 aromatic rings. The number of hydrogen-bond acceptors (Lipinski definition) is 4. The maximum atomic E-state index is 13.2. The van der Waals surface area contributed by atoms with Gasteiger partial charge in [0.15, 0.2) is 5.78 Å². The van der Waals surface area contributed by atoms with Crippen molar-refractivity contribution in [3.05, 3.63) is 30.4 Å². The van der Waals surface area contributed by atoms with E-state index in [2.05, 4.69) is 18.0 Å². The van der Waals surface area contributed by atoms with Crippen LogP contribution in [-0.2, 0) is 16.1 Å². The lowest BCUT2D eigenvalue weighted by atomic mass is 9.51. The number of imidazole rings is 1. The highest BCUT2D eigenvalue weighted by molar-refractivity contribution is 5.82. The molecule has 0 spiro atoms. The monoisotopic (exact) mass is 412 g/mol. The first-order valence-electron chi connectivity index (χ1n) is 11.8. The van der Waals surface area contributed by atoms with Crippen LogP contribution in [-0.4, -0.2) is 39.8 Å². The van der Waals surface area contributed by atoms with Crippen molar-refractivity contribution in [2.45, 2.75) is 70.4 Å². The zero-order valence-electron chi connectivity index (χ0n) is 18.4. The van der Waals surface area contributed by atoms with E-state index in [1.165, 1.54) is 24.8 Å². The Morgan fingerprint density at radius 2 is 2.13 bits per heavy atom. The van der Waals surface area contributed by atoms with Crippen LogP contribution in [0.4, 0.5) is 0 Å². The molecule has 164 valence electrons. The molecule has 5 heteroatoms. The molecule has 0 radical (unpaired) electrons. The van der Waals surface area contributed by atoms with Gasteiger partial charge in [0.05, 0.1) is 25.1 Å². The lowest BCUT2D eigenvalue weighted by Crippen LogP contribution is -2.49. The third kappa shape index (κ3) is 3.29. The fourth-order valence-corrected chi connectivity index (χ4v) is 7.96. The summed E-state index contributed by atoms with van der Waals surface area (Å²) >= 11 is 0. The molecular formula is C25H36N2O3. The van der Waals surface area contributed by atoms with E-state index in [0.29, 0.717) is 36.7 Å². The van der Waals surface area contributed by atoms with Crippen molar-refractivity contribution < 1.29 is 14.6 Å². The Balaban J connectivity index is 1.33. The number of rotatable bonds is 5. The number of methoxy groups -OCH3 is 1. The summed E-state index contributed by atoms with van der Waals surface area (Å²) in [6.45, 7) is 3.31. The summed E-state index contributed by atoms with van der Waals surface area (Å²) in [6, 6.07) is 0. The molecule has 4 aliphatic carbocycles. The van der Waals surface area contributed by atoms with Gasteiger partial charge in [-0.3, -0.25) is 4.79 Å². The molecule has 1 N–H and O–H groups in total. The number of aromatic nitrogens is 2. The molecular weight excluding hydrogens is 376 g/mol. The highest BCUT2D eigenvalue weighted by Gasteiger charge is 2.57. The molecule has 0 bridgehead atoms. The van der Waals surface area contributed by atoms with E-state index in [1.54, 1.807) is 19.6 Å². The molecule has 0 amide bonds. The van der Waals surface area contributed by atoms with Crippen molar-refractivity contribution >= 4 is 5.78 Å². The zero-order valence-corrected chi connectivity index (χ0v) is 18.4. The Morgan fingerprint density at radius 1 is 1.27 bits per heavy atom. The van der Waals surface area contributed by atoms with Gasteiger partial charge in [0.25, 0.3) is 0 Å². The van der Waals surface area contributed by atoms with Gasteiger partial charge in [0.1, 0.15) is 0 Å². The summed E-state index contributed by atoms with van der Waals surface area (Å²) in [5.74, 6) is 3.31. The van der Waals surface area contributed by atoms with Crippen LogP contribution >= 0.6 is 0 Å². The standard InChI is InChI=1S/C25H36N2O3/c1-24-9-7-19-18-8-10-25(29,15-30-2)13-17(18)3-4-20(19)21(24)5-6-22(24)23(28)14-27-12-11-26-16-27/h3,11-12,16,18-22,29H,4-10,13-15H2,1-2H3/t18-,19+,20+,21-,22+,24-,25+/m0/s1. The number of allylic oxidation sites excluding steroid dienone is 1. The van der Waals surface area contributed by atoms with Gasteiger partial charge in [-0.1, -0.05) is 18.6 Å². The summed E-state index contributed by atoms with van der Waals surface area (Å²) in [5.41, 5.74) is 0.956. The lowest BCUT2D eigenvalue weighted by molar-refractivity contribution is -0.129. The summed E-state index contributed by atoms with van der Waals surface area (Å²) in [7, 11) is 1.68. The number of Topliss-reactive ketones (excluding diaryl/α,β-unsaturated/α-hetero) is 1. The SMILES string of the molecule is COC[C@@]1(O)CC[C@H]2C(=CC[C@@H]3[C@@H]2CC[C@]2(C)[C@@H](C(=O)Cn4ccnc4)CC[C@@H]32)C1. The van der Waals surface area contributed by atoms with Crippen LogP contribution < -0.4 is 0 Å². The molecule has 7 atom stereocenters. The lowest BCUT2D eigenvalue weighted by Gasteiger charge is -2.54. The molecule has 0 aromatic carbocycles. The number of hydrogen-bond donors (Lipinski definition) is 1. The summed E-state index contributed by atoms with van der Waals surface area (Å²) in [4.78, 5) is 17.3. The van der Waals surface area contributed by atoms with Crippen LogP contribution in [0.5, 0.6) is 0 Å². The number of ether oxygens (including phenoxy) is 1. The Hall–Kier alpha value is -1.46. The smallest absolute Gasteiger partial charge is 0.156 e. The zero-order chi connectivity index (χ0) is 20.9. The van der Waals surface area contributed by atoms with Gasteiger partial charge in [0, 0.05) is 25.4 Å². The number of carbonyl (C=O) groups excluding carboxylic acids is 1. The van der Waals surface area contributed by atoms with Gasteiger partial charge >= 0.3 is 0 Å². The second kappa shape index (κ2) is 7.59.